The van der Waals surface area contributed by atoms with Gasteiger partial charge in [0.2, 0.25) is 0 Å². The Balaban J connectivity index is 2.18. The average Bonchev–Trinajstić information content (AvgIpc) is 2.20. The molecule has 70 valence electrons. The van der Waals surface area contributed by atoms with Crippen molar-refractivity contribution in [2.45, 2.75) is 6.04 Å². The van der Waals surface area contributed by atoms with Gasteiger partial charge in [0.15, 0.2) is 0 Å². The fourth-order valence-corrected chi connectivity index (χ4v) is 1.59. The quantitative estimate of drug-likeness (QED) is 0.629. The highest BCUT2D eigenvalue weighted by atomic mass is 16.5. The van der Waals surface area contributed by atoms with Gasteiger partial charge < -0.3 is 15.8 Å². The molecule has 0 amide bonds. The maximum Gasteiger partial charge on any atom is 0.0662 e. The number of para-hydroxylation sites is 1. The lowest BCUT2D eigenvalue weighted by Crippen LogP contribution is -2.34. The second-order valence-corrected chi connectivity index (χ2v) is 3.21. The van der Waals surface area contributed by atoms with Gasteiger partial charge in [0.1, 0.15) is 0 Å². The second-order valence-electron chi connectivity index (χ2n) is 3.21. The zero-order valence-electron chi connectivity index (χ0n) is 7.49. The zero-order valence-corrected chi connectivity index (χ0v) is 7.49. The average molecular weight is 178 g/mol. The summed E-state index contributed by atoms with van der Waals surface area (Å²) in [5, 5.41) is 3.37. The normalized spacial score (nSPS) is 22.9. The van der Waals surface area contributed by atoms with Gasteiger partial charge in [0.05, 0.1) is 19.3 Å². The van der Waals surface area contributed by atoms with E-state index < -0.39 is 0 Å². The second kappa shape index (κ2) is 3.77. The third-order valence-corrected chi connectivity index (χ3v) is 2.29. The van der Waals surface area contributed by atoms with E-state index in [0.29, 0.717) is 6.61 Å². The van der Waals surface area contributed by atoms with Crippen molar-refractivity contribution in [2.24, 2.45) is 0 Å². The molecule has 3 nitrogen and oxygen atoms in total. The summed E-state index contributed by atoms with van der Waals surface area (Å²) in [4.78, 5) is 0. The number of ether oxygens (including phenoxy) is 1. The standard InChI is InChI=1S/C10H14N2O/c11-9-4-2-1-3-8(9)10-7-13-6-5-12-10/h1-4,10,12H,5-7,11H2/t10-/m1/s1. The molecule has 1 heterocycles. The molecule has 0 radical (unpaired) electrons. The van der Waals surface area contributed by atoms with Crippen molar-refractivity contribution < 1.29 is 4.74 Å². The van der Waals surface area contributed by atoms with Crippen LogP contribution in [0.25, 0.3) is 0 Å². The fraction of sp³-hybridized carbons (Fsp3) is 0.400. The number of benzene rings is 1. The summed E-state index contributed by atoms with van der Waals surface area (Å²) in [5.41, 5.74) is 7.84. The molecule has 3 heteroatoms. The van der Waals surface area contributed by atoms with E-state index >= 15 is 0 Å². The molecular formula is C10H14N2O. The molecule has 1 saturated heterocycles. The first-order valence-corrected chi connectivity index (χ1v) is 4.53. The Kier molecular flexibility index (Phi) is 2.47. The minimum absolute atomic E-state index is 0.259. The molecular weight excluding hydrogens is 164 g/mol. The number of hydrogen-bond donors (Lipinski definition) is 2. The Morgan fingerprint density at radius 1 is 1.38 bits per heavy atom. The molecule has 1 aliphatic heterocycles. The van der Waals surface area contributed by atoms with Gasteiger partial charge in [-0.25, -0.2) is 0 Å². The van der Waals surface area contributed by atoms with E-state index in [1.165, 1.54) is 0 Å². The highest BCUT2D eigenvalue weighted by molar-refractivity contribution is 5.48. The van der Waals surface area contributed by atoms with E-state index in [1.807, 2.05) is 24.3 Å². The number of nitrogen functional groups attached to an aromatic ring is 1. The smallest absolute Gasteiger partial charge is 0.0662 e. The Morgan fingerprint density at radius 2 is 2.23 bits per heavy atom. The highest BCUT2D eigenvalue weighted by Gasteiger charge is 2.16. The largest absolute Gasteiger partial charge is 0.398 e. The van der Waals surface area contributed by atoms with E-state index in [0.717, 1.165) is 24.4 Å². The summed E-state index contributed by atoms with van der Waals surface area (Å²) in [5.74, 6) is 0. The van der Waals surface area contributed by atoms with Crippen molar-refractivity contribution in [1.29, 1.82) is 0 Å². The van der Waals surface area contributed by atoms with Crippen molar-refractivity contribution in [3.8, 4) is 0 Å². The van der Waals surface area contributed by atoms with Crippen LogP contribution in [0.3, 0.4) is 0 Å². The maximum absolute atomic E-state index is 5.86. The Hall–Kier alpha value is -1.06. The van der Waals surface area contributed by atoms with Crippen LogP contribution >= 0.6 is 0 Å². The number of rotatable bonds is 1. The summed E-state index contributed by atoms with van der Waals surface area (Å²) in [7, 11) is 0. The first kappa shape index (κ1) is 8.53. The number of nitrogens with two attached hydrogens (primary N) is 1. The molecule has 0 aromatic heterocycles. The lowest BCUT2D eigenvalue weighted by Gasteiger charge is -2.25. The topological polar surface area (TPSA) is 47.3 Å². The summed E-state index contributed by atoms with van der Waals surface area (Å²) in [6.07, 6.45) is 0. The summed E-state index contributed by atoms with van der Waals surface area (Å²) < 4.78 is 5.37. The van der Waals surface area contributed by atoms with Crippen LogP contribution < -0.4 is 11.1 Å². The number of nitrogens with one attached hydrogen (secondary N) is 1. The number of morpholine rings is 1. The first-order chi connectivity index (χ1) is 6.38. The molecule has 0 bridgehead atoms. The summed E-state index contributed by atoms with van der Waals surface area (Å²) in [6, 6.07) is 8.17. The molecule has 13 heavy (non-hydrogen) atoms. The Labute approximate surface area is 77.9 Å². The van der Waals surface area contributed by atoms with E-state index in [4.69, 9.17) is 10.5 Å². The van der Waals surface area contributed by atoms with Gasteiger partial charge in [-0.05, 0) is 11.6 Å². The third-order valence-electron chi connectivity index (χ3n) is 2.29. The van der Waals surface area contributed by atoms with Crippen LogP contribution in [0.5, 0.6) is 0 Å². The molecule has 1 fully saturated rings. The molecule has 1 aliphatic rings. The number of hydrogen-bond acceptors (Lipinski definition) is 3. The maximum atomic E-state index is 5.86. The van der Waals surface area contributed by atoms with Crippen LogP contribution in [0.15, 0.2) is 24.3 Å². The van der Waals surface area contributed by atoms with Crippen LogP contribution in [0.4, 0.5) is 5.69 Å². The van der Waals surface area contributed by atoms with Crippen LogP contribution in [0.1, 0.15) is 11.6 Å². The van der Waals surface area contributed by atoms with E-state index in [-0.39, 0.29) is 6.04 Å². The Bertz CT molecular complexity index is 282. The molecule has 0 aliphatic carbocycles. The van der Waals surface area contributed by atoms with E-state index in [1.54, 1.807) is 0 Å². The van der Waals surface area contributed by atoms with Crippen LogP contribution in [0.2, 0.25) is 0 Å². The third kappa shape index (κ3) is 1.82. The molecule has 1 atom stereocenters. The zero-order chi connectivity index (χ0) is 9.10. The van der Waals surface area contributed by atoms with E-state index in [2.05, 4.69) is 5.32 Å². The minimum Gasteiger partial charge on any atom is -0.398 e. The molecule has 0 saturated carbocycles. The summed E-state index contributed by atoms with van der Waals surface area (Å²) in [6.45, 7) is 2.41. The van der Waals surface area contributed by atoms with Crippen molar-refractivity contribution in [2.75, 3.05) is 25.5 Å². The van der Waals surface area contributed by atoms with Gasteiger partial charge >= 0.3 is 0 Å². The molecule has 0 spiro atoms. The molecule has 1 aromatic rings. The summed E-state index contributed by atoms with van der Waals surface area (Å²) >= 11 is 0. The SMILES string of the molecule is Nc1ccccc1[C@H]1COCCN1. The van der Waals surface area contributed by atoms with Gasteiger partial charge in [-0.15, -0.1) is 0 Å². The Morgan fingerprint density at radius 3 is 2.92 bits per heavy atom. The lowest BCUT2D eigenvalue weighted by molar-refractivity contribution is 0.0771. The van der Waals surface area contributed by atoms with Crippen LogP contribution in [-0.4, -0.2) is 19.8 Å². The van der Waals surface area contributed by atoms with Gasteiger partial charge in [0.25, 0.3) is 0 Å². The van der Waals surface area contributed by atoms with Crippen molar-refractivity contribution in [3.05, 3.63) is 29.8 Å². The molecule has 1 aromatic carbocycles. The fourth-order valence-electron chi connectivity index (χ4n) is 1.59. The molecule has 2 rings (SSSR count). The predicted molar refractivity (Wildman–Crippen MR) is 52.4 cm³/mol. The van der Waals surface area contributed by atoms with Crippen molar-refractivity contribution in [1.82, 2.24) is 5.32 Å². The highest BCUT2D eigenvalue weighted by Crippen LogP contribution is 2.21. The molecule has 3 N–H and O–H groups in total. The minimum atomic E-state index is 0.259. The van der Waals surface area contributed by atoms with Crippen LogP contribution in [-0.2, 0) is 4.74 Å². The van der Waals surface area contributed by atoms with E-state index in [9.17, 15) is 0 Å². The molecule has 0 unspecified atom stereocenters. The van der Waals surface area contributed by atoms with Gasteiger partial charge in [-0.2, -0.15) is 0 Å². The van der Waals surface area contributed by atoms with Gasteiger partial charge in [0, 0.05) is 12.2 Å². The van der Waals surface area contributed by atoms with Gasteiger partial charge in [-0.3, -0.25) is 0 Å². The first-order valence-electron chi connectivity index (χ1n) is 4.53. The number of anilines is 1. The lowest BCUT2D eigenvalue weighted by atomic mass is 10.1. The monoisotopic (exact) mass is 178 g/mol. The predicted octanol–water partition coefficient (Wildman–Crippen LogP) is 0.930. The van der Waals surface area contributed by atoms with Crippen LogP contribution in [0, 0.1) is 0 Å². The van der Waals surface area contributed by atoms with Crippen molar-refractivity contribution in [3.63, 3.8) is 0 Å². The van der Waals surface area contributed by atoms with Crippen molar-refractivity contribution >= 4 is 5.69 Å². The van der Waals surface area contributed by atoms with Gasteiger partial charge in [-0.1, -0.05) is 18.2 Å².